The van der Waals surface area contributed by atoms with Gasteiger partial charge >= 0.3 is 0 Å². The summed E-state index contributed by atoms with van der Waals surface area (Å²) in [7, 11) is 0. The van der Waals surface area contributed by atoms with E-state index in [0.29, 0.717) is 17.7 Å². The molecule has 1 aromatic heterocycles. The first kappa shape index (κ1) is 13.0. The lowest BCUT2D eigenvalue weighted by Crippen LogP contribution is -2.17. The van der Waals surface area contributed by atoms with Crippen molar-refractivity contribution in [1.29, 1.82) is 0 Å². The van der Waals surface area contributed by atoms with Gasteiger partial charge in [0.25, 0.3) is 5.69 Å². The number of nitro groups is 1. The number of nitrogens with zero attached hydrogens (tertiary/aromatic N) is 2. The smallest absolute Gasteiger partial charge is 0.278 e. The first-order valence-corrected chi connectivity index (χ1v) is 6.39. The molecule has 98 valence electrons. The lowest BCUT2D eigenvalue weighted by Gasteiger charge is -2.08. The zero-order chi connectivity index (χ0) is 13.1. The van der Waals surface area contributed by atoms with E-state index in [9.17, 15) is 10.1 Å². The third-order valence-electron chi connectivity index (χ3n) is 3.48. The Morgan fingerprint density at radius 1 is 1.50 bits per heavy atom. The van der Waals surface area contributed by atoms with Crippen LogP contribution in [0.5, 0.6) is 0 Å². The Morgan fingerprint density at radius 2 is 2.22 bits per heavy atom. The van der Waals surface area contributed by atoms with E-state index in [-0.39, 0.29) is 10.6 Å². The third-order valence-corrected chi connectivity index (χ3v) is 3.48. The maximum Gasteiger partial charge on any atom is 0.278 e. The van der Waals surface area contributed by atoms with Gasteiger partial charge in [-0.2, -0.15) is 0 Å². The van der Waals surface area contributed by atoms with Crippen molar-refractivity contribution >= 4 is 5.69 Å². The third kappa shape index (κ3) is 3.04. The van der Waals surface area contributed by atoms with E-state index < -0.39 is 0 Å². The molecule has 0 unspecified atom stereocenters. The number of hydrogen-bond donors (Lipinski definition) is 1. The standard InChI is InChI=1S/C13H19N3O2/c1-9-7-15-12(10(2)13(9)16(17)18)8-14-6-5-11-3-4-11/h7,11,14H,3-6,8H2,1-2H3. The van der Waals surface area contributed by atoms with Gasteiger partial charge in [-0.15, -0.1) is 0 Å². The number of aryl methyl sites for hydroxylation is 1. The van der Waals surface area contributed by atoms with E-state index in [1.807, 2.05) is 0 Å². The second-order valence-electron chi connectivity index (χ2n) is 5.03. The highest BCUT2D eigenvalue weighted by atomic mass is 16.6. The molecule has 5 nitrogen and oxygen atoms in total. The molecule has 18 heavy (non-hydrogen) atoms. The van der Waals surface area contributed by atoms with Crippen molar-refractivity contribution in [1.82, 2.24) is 10.3 Å². The molecule has 5 heteroatoms. The first-order chi connectivity index (χ1) is 8.59. The topological polar surface area (TPSA) is 68.1 Å². The van der Waals surface area contributed by atoms with Crippen molar-refractivity contribution in [2.45, 2.75) is 39.7 Å². The quantitative estimate of drug-likeness (QED) is 0.478. The van der Waals surface area contributed by atoms with E-state index in [0.717, 1.165) is 18.2 Å². The summed E-state index contributed by atoms with van der Waals surface area (Å²) in [6.45, 7) is 5.08. The van der Waals surface area contributed by atoms with Gasteiger partial charge in [0.05, 0.1) is 10.6 Å². The highest BCUT2D eigenvalue weighted by Gasteiger charge is 2.21. The summed E-state index contributed by atoms with van der Waals surface area (Å²) >= 11 is 0. The Hall–Kier alpha value is -1.49. The summed E-state index contributed by atoms with van der Waals surface area (Å²) in [6, 6.07) is 0. The number of pyridine rings is 1. The van der Waals surface area contributed by atoms with E-state index in [1.165, 1.54) is 19.3 Å². The second-order valence-corrected chi connectivity index (χ2v) is 5.03. The molecule has 0 aliphatic heterocycles. The highest BCUT2D eigenvalue weighted by Crippen LogP contribution is 2.31. The number of hydrogen-bond acceptors (Lipinski definition) is 4. The van der Waals surface area contributed by atoms with Crippen LogP contribution in [0.15, 0.2) is 6.20 Å². The molecule has 1 saturated carbocycles. The molecule has 0 atom stereocenters. The van der Waals surface area contributed by atoms with Gasteiger partial charge in [0.15, 0.2) is 0 Å². The predicted octanol–water partition coefficient (Wildman–Crippen LogP) is 2.50. The van der Waals surface area contributed by atoms with Crippen molar-refractivity contribution in [3.8, 4) is 0 Å². The Morgan fingerprint density at radius 3 is 2.83 bits per heavy atom. The highest BCUT2D eigenvalue weighted by molar-refractivity contribution is 5.47. The minimum Gasteiger partial charge on any atom is -0.311 e. The van der Waals surface area contributed by atoms with Crippen LogP contribution >= 0.6 is 0 Å². The first-order valence-electron chi connectivity index (χ1n) is 6.39. The normalized spacial score (nSPS) is 14.8. The minimum absolute atomic E-state index is 0.198. The molecule has 1 aliphatic carbocycles. The zero-order valence-corrected chi connectivity index (χ0v) is 10.9. The van der Waals surface area contributed by atoms with E-state index >= 15 is 0 Å². The molecule has 1 N–H and O–H groups in total. The van der Waals surface area contributed by atoms with Crippen LogP contribution < -0.4 is 5.32 Å². The largest absolute Gasteiger partial charge is 0.311 e. The van der Waals surface area contributed by atoms with Crippen LogP contribution in [0.3, 0.4) is 0 Å². The fraction of sp³-hybridized carbons (Fsp3) is 0.615. The van der Waals surface area contributed by atoms with E-state index in [2.05, 4.69) is 10.3 Å². The maximum absolute atomic E-state index is 11.0. The second kappa shape index (κ2) is 5.44. The van der Waals surface area contributed by atoms with Crippen LogP contribution in [0.2, 0.25) is 0 Å². The van der Waals surface area contributed by atoms with Gasteiger partial charge in [-0.3, -0.25) is 15.1 Å². The monoisotopic (exact) mass is 249 g/mol. The van der Waals surface area contributed by atoms with Crippen molar-refractivity contribution in [2.75, 3.05) is 6.54 Å². The molecule has 2 rings (SSSR count). The summed E-state index contributed by atoms with van der Waals surface area (Å²) in [4.78, 5) is 14.9. The molecule has 0 amide bonds. The van der Waals surface area contributed by atoms with Gasteiger partial charge in [0.1, 0.15) is 0 Å². The molecular weight excluding hydrogens is 230 g/mol. The van der Waals surface area contributed by atoms with Crippen LogP contribution in [0.1, 0.15) is 36.1 Å². The Balaban J connectivity index is 1.98. The molecule has 1 heterocycles. The number of rotatable bonds is 6. The summed E-state index contributed by atoms with van der Waals surface area (Å²) in [6.07, 6.45) is 5.50. The summed E-state index contributed by atoms with van der Waals surface area (Å²) in [5.74, 6) is 0.902. The SMILES string of the molecule is Cc1cnc(CNCCC2CC2)c(C)c1[N+](=O)[O-]. The van der Waals surface area contributed by atoms with Gasteiger partial charge in [0, 0.05) is 23.9 Å². The maximum atomic E-state index is 11.0. The van der Waals surface area contributed by atoms with E-state index in [1.54, 1.807) is 20.0 Å². The summed E-state index contributed by atoms with van der Waals surface area (Å²) in [5.41, 5.74) is 2.28. The molecule has 1 fully saturated rings. The molecule has 0 bridgehead atoms. The molecule has 1 aliphatic rings. The fourth-order valence-corrected chi connectivity index (χ4v) is 2.14. The predicted molar refractivity (Wildman–Crippen MR) is 69.4 cm³/mol. The minimum atomic E-state index is -0.319. The van der Waals surface area contributed by atoms with Gasteiger partial charge in [0.2, 0.25) is 0 Å². The Bertz CT molecular complexity index is 456. The van der Waals surface area contributed by atoms with Crippen molar-refractivity contribution in [2.24, 2.45) is 5.92 Å². The van der Waals surface area contributed by atoms with Gasteiger partial charge < -0.3 is 5.32 Å². The van der Waals surface area contributed by atoms with Crippen LogP contribution in [0.4, 0.5) is 5.69 Å². The number of nitrogens with one attached hydrogen (secondary N) is 1. The molecular formula is C13H19N3O2. The van der Waals surface area contributed by atoms with Crippen molar-refractivity contribution in [3.63, 3.8) is 0 Å². The average molecular weight is 249 g/mol. The van der Waals surface area contributed by atoms with Crippen molar-refractivity contribution < 1.29 is 4.92 Å². The molecule has 1 aromatic rings. The Kier molecular flexibility index (Phi) is 3.91. The summed E-state index contributed by atoms with van der Waals surface area (Å²) in [5, 5.41) is 14.3. The zero-order valence-electron chi connectivity index (χ0n) is 10.9. The fourth-order valence-electron chi connectivity index (χ4n) is 2.14. The molecule has 0 radical (unpaired) electrons. The van der Waals surface area contributed by atoms with E-state index in [4.69, 9.17) is 0 Å². The average Bonchev–Trinajstić information content (AvgIpc) is 3.10. The molecule has 0 aromatic carbocycles. The van der Waals surface area contributed by atoms with Gasteiger partial charge in [-0.1, -0.05) is 12.8 Å². The lowest BCUT2D eigenvalue weighted by molar-refractivity contribution is -0.386. The van der Waals surface area contributed by atoms with Crippen molar-refractivity contribution in [3.05, 3.63) is 33.1 Å². The summed E-state index contributed by atoms with van der Waals surface area (Å²) < 4.78 is 0. The van der Waals surface area contributed by atoms with Gasteiger partial charge in [-0.05, 0) is 32.7 Å². The van der Waals surface area contributed by atoms with Crippen LogP contribution in [0, 0.1) is 29.9 Å². The molecule has 0 spiro atoms. The molecule has 0 saturated heterocycles. The Labute approximate surface area is 107 Å². The van der Waals surface area contributed by atoms with Crippen LogP contribution in [0.25, 0.3) is 0 Å². The lowest BCUT2D eigenvalue weighted by atomic mass is 10.1. The van der Waals surface area contributed by atoms with Gasteiger partial charge in [-0.25, -0.2) is 0 Å². The van der Waals surface area contributed by atoms with Crippen LogP contribution in [-0.2, 0) is 6.54 Å². The van der Waals surface area contributed by atoms with Crippen LogP contribution in [-0.4, -0.2) is 16.5 Å². The number of aromatic nitrogens is 1.